The van der Waals surface area contributed by atoms with Gasteiger partial charge in [-0.05, 0) is 62.7 Å². The summed E-state index contributed by atoms with van der Waals surface area (Å²) in [5, 5.41) is 0. The Balaban J connectivity index is 1.91. The van der Waals surface area contributed by atoms with Gasteiger partial charge >= 0.3 is 5.97 Å². The molecule has 106 valence electrons. The zero-order chi connectivity index (χ0) is 13.8. The molecule has 4 saturated carbocycles. The van der Waals surface area contributed by atoms with Crippen molar-refractivity contribution in [2.75, 3.05) is 0 Å². The lowest BCUT2D eigenvalue weighted by molar-refractivity contribution is -0.212. The summed E-state index contributed by atoms with van der Waals surface area (Å²) in [5.41, 5.74) is 0.372. The highest BCUT2D eigenvalue weighted by atomic mass is 16.6. The Morgan fingerprint density at radius 3 is 2.26 bits per heavy atom. The standard InChI is InChI=1S/C17H26O2/c1-10(2)15-14-6-12-5-13(7-14)9-17(15,8-12)19-16(18)11(3)4/h10,12-15H,3,5-9H2,1-2,4H3. The molecule has 4 fully saturated rings. The van der Waals surface area contributed by atoms with Crippen molar-refractivity contribution in [3.63, 3.8) is 0 Å². The van der Waals surface area contributed by atoms with Crippen LogP contribution in [0.5, 0.6) is 0 Å². The first-order chi connectivity index (χ1) is 8.91. The maximum absolute atomic E-state index is 12.1. The Hall–Kier alpha value is -0.790. The first kappa shape index (κ1) is 13.2. The number of hydrogen-bond donors (Lipinski definition) is 0. The predicted octanol–water partition coefficient (Wildman–Crippen LogP) is 3.96. The predicted molar refractivity (Wildman–Crippen MR) is 75.5 cm³/mol. The average molecular weight is 262 g/mol. The van der Waals surface area contributed by atoms with E-state index in [1.54, 1.807) is 6.92 Å². The minimum absolute atomic E-state index is 0.168. The molecule has 3 atom stereocenters. The minimum Gasteiger partial charge on any atom is -0.455 e. The fourth-order valence-corrected chi connectivity index (χ4v) is 5.58. The number of carbonyl (C=O) groups excluding carboxylic acids is 1. The van der Waals surface area contributed by atoms with Gasteiger partial charge < -0.3 is 4.74 Å². The number of hydrogen-bond acceptors (Lipinski definition) is 2. The largest absolute Gasteiger partial charge is 0.455 e. The summed E-state index contributed by atoms with van der Waals surface area (Å²) >= 11 is 0. The fraction of sp³-hybridized carbons (Fsp3) is 0.824. The van der Waals surface area contributed by atoms with Crippen LogP contribution >= 0.6 is 0 Å². The van der Waals surface area contributed by atoms with Crippen LogP contribution in [0, 0.1) is 29.6 Å². The van der Waals surface area contributed by atoms with Gasteiger partial charge in [-0.25, -0.2) is 4.79 Å². The van der Waals surface area contributed by atoms with E-state index in [9.17, 15) is 4.79 Å². The Morgan fingerprint density at radius 2 is 1.79 bits per heavy atom. The van der Waals surface area contributed by atoms with Gasteiger partial charge in [0.25, 0.3) is 0 Å². The van der Waals surface area contributed by atoms with Crippen LogP contribution in [-0.4, -0.2) is 11.6 Å². The molecule has 0 aromatic carbocycles. The van der Waals surface area contributed by atoms with Crippen LogP contribution in [0.2, 0.25) is 0 Å². The second-order valence-corrected chi connectivity index (χ2v) is 7.61. The maximum atomic E-state index is 12.1. The van der Waals surface area contributed by atoms with Crippen LogP contribution in [0.4, 0.5) is 0 Å². The van der Waals surface area contributed by atoms with Crippen LogP contribution in [0.15, 0.2) is 12.2 Å². The molecule has 0 saturated heterocycles. The van der Waals surface area contributed by atoms with Gasteiger partial charge in [0, 0.05) is 11.5 Å². The quantitative estimate of drug-likeness (QED) is 0.568. The van der Waals surface area contributed by atoms with Crippen LogP contribution in [0.3, 0.4) is 0 Å². The third kappa shape index (κ3) is 2.04. The molecule has 0 amide bonds. The van der Waals surface area contributed by atoms with Crippen LogP contribution in [0.25, 0.3) is 0 Å². The zero-order valence-electron chi connectivity index (χ0n) is 12.4. The van der Waals surface area contributed by atoms with E-state index in [2.05, 4.69) is 20.4 Å². The average Bonchev–Trinajstić information content (AvgIpc) is 2.25. The molecule has 0 radical (unpaired) electrons. The minimum atomic E-state index is -0.174. The molecule has 3 unspecified atom stereocenters. The first-order valence-electron chi connectivity index (χ1n) is 7.80. The lowest BCUT2D eigenvalue weighted by Gasteiger charge is -2.61. The van der Waals surface area contributed by atoms with E-state index in [0.717, 1.165) is 30.6 Å². The van der Waals surface area contributed by atoms with E-state index < -0.39 is 0 Å². The molecule has 19 heavy (non-hydrogen) atoms. The summed E-state index contributed by atoms with van der Waals surface area (Å²) in [6.07, 6.45) is 6.30. The first-order valence-corrected chi connectivity index (χ1v) is 7.80. The summed E-state index contributed by atoms with van der Waals surface area (Å²) in [4.78, 5) is 12.1. The highest BCUT2D eigenvalue weighted by molar-refractivity contribution is 5.87. The van der Waals surface area contributed by atoms with E-state index in [0.29, 0.717) is 17.4 Å². The molecule has 2 nitrogen and oxygen atoms in total. The second-order valence-electron chi connectivity index (χ2n) is 7.61. The van der Waals surface area contributed by atoms with E-state index in [1.165, 1.54) is 19.3 Å². The van der Waals surface area contributed by atoms with E-state index in [1.807, 2.05) is 0 Å². The summed E-state index contributed by atoms with van der Waals surface area (Å²) in [6.45, 7) is 10.1. The van der Waals surface area contributed by atoms with Gasteiger partial charge in [-0.3, -0.25) is 0 Å². The summed E-state index contributed by atoms with van der Waals surface area (Å²) < 4.78 is 6.05. The van der Waals surface area contributed by atoms with Crippen molar-refractivity contribution in [3.8, 4) is 0 Å². The van der Waals surface area contributed by atoms with Gasteiger partial charge in [-0.15, -0.1) is 0 Å². The number of esters is 1. The molecule has 4 aliphatic carbocycles. The molecule has 0 N–H and O–H groups in total. The van der Waals surface area contributed by atoms with Crippen molar-refractivity contribution in [2.45, 2.75) is 58.5 Å². The van der Waals surface area contributed by atoms with Crippen molar-refractivity contribution in [1.29, 1.82) is 0 Å². The molecule has 0 spiro atoms. The number of carbonyl (C=O) groups is 1. The lowest BCUT2D eigenvalue weighted by Crippen LogP contribution is -2.60. The van der Waals surface area contributed by atoms with Gasteiger partial charge in [0.15, 0.2) is 0 Å². The number of ether oxygens (including phenoxy) is 1. The van der Waals surface area contributed by atoms with Crippen molar-refractivity contribution < 1.29 is 9.53 Å². The van der Waals surface area contributed by atoms with Crippen molar-refractivity contribution in [2.24, 2.45) is 29.6 Å². The molecular formula is C17H26O2. The third-order valence-corrected chi connectivity index (χ3v) is 5.69. The molecule has 4 bridgehead atoms. The van der Waals surface area contributed by atoms with Gasteiger partial charge in [0.2, 0.25) is 0 Å². The summed E-state index contributed by atoms with van der Waals surface area (Å²) in [6, 6.07) is 0. The second kappa shape index (κ2) is 4.36. The van der Waals surface area contributed by atoms with Crippen LogP contribution in [-0.2, 0) is 9.53 Å². The Bertz CT molecular complexity index is 395. The van der Waals surface area contributed by atoms with Gasteiger partial charge in [-0.1, -0.05) is 20.4 Å². The molecule has 0 aromatic rings. The maximum Gasteiger partial charge on any atom is 0.333 e. The summed E-state index contributed by atoms with van der Waals surface area (Å²) in [7, 11) is 0. The molecule has 0 heterocycles. The molecule has 2 heteroatoms. The lowest BCUT2D eigenvalue weighted by atomic mass is 9.47. The van der Waals surface area contributed by atoms with Gasteiger partial charge in [-0.2, -0.15) is 0 Å². The summed E-state index contributed by atoms with van der Waals surface area (Å²) in [5.74, 6) is 3.36. The SMILES string of the molecule is C=C(C)C(=O)OC12CC3CC(CC(C3)C1C(C)C)C2. The highest BCUT2D eigenvalue weighted by Gasteiger charge is 2.59. The molecule has 0 aromatic heterocycles. The topological polar surface area (TPSA) is 26.3 Å². The van der Waals surface area contributed by atoms with Gasteiger partial charge in [0.1, 0.15) is 5.60 Å². The van der Waals surface area contributed by atoms with E-state index in [-0.39, 0.29) is 11.6 Å². The zero-order valence-corrected chi connectivity index (χ0v) is 12.4. The van der Waals surface area contributed by atoms with Crippen LogP contribution < -0.4 is 0 Å². The monoisotopic (exact) mass is 262 g/mol. The Morgan fingerprint density at radius 1 is 1.21 bits per heavy atom. The normalized spacial score (nSPS) is 43.6. The molecular weight excluding hydrogens is 236 g/mol. The van der Waals surface area contributed by atoms with E-state index >= 15 is 0 Å². The van der Waals surface area contributed by atoms with Crippen LogP contribution in [0.1, 0.15) is 52.9 Å². The number of rotatable bonds is 3. The van der Waals surface area contributed by atoms with E-state index in [4.69, 9.17) is 4.74 Å². The fourth-order valence-electron chi connectivity index (χ4n) is 5.58. The Kier molecular flexibility index (Phi) is 3.03. The molecule has 4 aliphatic rings. The highest BCUT2D eigenvalue weighted by Crippen LogP contribution is 2.61. The van der Waals surface area contributed by atoms with Crippen molar-refractivity contribution >= 4 is 5.97 Å². The third-order valence-electron chi connectivity index (χ3n) is 5.69. The van der Waals surface area contributed by atoms with Gasteiger partial charge in [0.05, 0.1) is 0 Å². The van der Waals surface area contributed by atoms with Crippen molar-refractivity contribution in [1.82, 2.24) is 0 Å². The molecule has 4 rings (SSSR count). The molecule has 0 aliphatic heterocycles. The van der Waals surface area contributed by atoms with Crippen molar-refractivity contribution in [3.05, 3.63) is 12.2 Å². The smallest absolute Gasteiger partial charge is 0.333 e. The Labute approximate surface area is 116 Å².